The highest BCUT2D eigenvalue weighted by Crippen LogP contribution is 2.35. The minimum Gasteiger partial charge on any atom is -0.497 e. The molecule has 0 unspecified atom stereocenters. The fourth-order valence-corrected chi connectivity index (χ4v) is 5.64. The fourth-order valence-electron chi connectivity index (χ4n) is 4.35. The molecule has 1 aromatic carbocycles. The summed E-state index contributed by atoms with van der Waals surface area (Å²) in [5.74, 6) is 0.923. The van der Waals surface area contributed by atoms with Gasteiger partial charge in [0.05, 0.1) is 12.7 Å². The average Bonchev–Trinajstić information content (AvgIpc) is 3.29. The van der Waals surface area contributed by atoms with Gasteiger partial charge in [0.25, 0.3) is 5.91 Å². The van der Waals surface area contributed by atoms with E-state index in [1.54, 1.807) is 25.1 Å². The van der Waals surface area contributed by atoms with Crippen molar-refractivity contribution >= 4 is 17.7 Å². The molecule has 4 rings (SSSR count). The first kappa shape index (κ1) is 21.2. The molecule has 0 spiro atoms. The molecule has 6 heteroatoms. The van der Waals surface area contributed by atoms with Gasteiger partial charge < -0.3 is 10.1 Å². The Morgan fingerprint density at radius 3 is 2.73 bits per heavy atom. The number of pyridine rings is 1. The van der Waals surface area contributed by atoms with Crippen molar-refractivity contribution in [1.82, 2.24) is 15.2 Å². The quantitative estimate of drug-likeness (QED) is 0.707. The Bertz CT molecular complexity index is 846. The maximum Gasteiger partial charge on any atom is 0.254 e. The minimum absolute atomic E-state index is 0.0230. The highest BCUT2D eigenvalue weighted by Gasteiger charge is 2.24. The molecule has 5 nitrogen and oxygen atoms in total. The van der Waals surface area contributed by atoms with Crippen LogP contribution in [0.4, 0.5) is 0 Å². The van der Waals surface area contributed by atoms with Gasteiger partial charge >= 0.3 is 0 Å². The molecule has 1 N–H and O–H groups in total. The van der Waals surface area contributed by atoms with Gasteiger partial charge in [0.15, 0.2) is 0 Å². The molecule has 1 saturated heterocycles. The van der Waals surface area contributed by atoms with Gasteiger partial charge in [-0.05, 0) is 55.5 Å². The van der Waals surface area contributed by atoms with E-state index in [-0.39, 0.29) is 11.9 Å². The van der Waals surface area contributed by atoms with Crippen LogP contribution in [0.1, 0.15) is 54.4 Å². The van der Waals surface area contributed by atoms with Gasteiger partial charge in [0, 0.05) is 37.1 Å². The average molecular weight is 426 g/mol. The van der Waals surface area contributed by atoms with E-state index >= 15 is 0 Å². The van der Waals surface area contributed by atoms with Crippen molar-refractivity contribution in [2.45, 2.75) is 61.4 Å². The summed E-state index contributed by atoms with van der Waals surface area (Å²) >= 11 is 1.78. The Morgan fingerprint density at radius 2 is 1.97 bits per heavy atom. The number of benzene rings is 1. The van der Waals surface area contributed by atoms with Crippen LogP contribution < -0.4 is 10.1 Å². The Morgan fingerprint density at radius 1 is 1.17 bits per heavy atom. The molecule has 2 aliphatic rings. The number of aromatic nitrogens is 1. The number of piperidine rings is 1. The van der Waals surface area contributed by atoms with Gasteiger partial charge in [-0.3, -0.25) is 9.69 Å². The van der Waals surface area contributed by atoms with E-state index in [0.717, 1.165) is 48.8 Å². The van der Waals surface area contributed by atoms with Crippen LogP contribution in [0.15, 0.2) is 47.6 Å². The van der Waals surface area contributed by atoms with Crippen LogP contribution in [0, 0.1) is 0 Å². The standard InChI is InChI=1S/C24H31N3O2S/c1-29-20-7-4-6-18(16-20)17-27-14-11-19(12-15-27)26-23(28)22-10-5-13-25-24(22)30-21-8-2-3-9-21/h4-7,10,13,16,19,21H,2-3,8-9,11-12,14-15,17H2,1H3,(H,26,28). The zero-order chi connectivity index (χ0) is 20.8. The fraction of sp³-hybridized carbons (Fsp3) is 0.500. The van der Waals surface area contributed by atoms with Crippen molar-refractivity contribution in [2.24, 2.45) is 0 Å². The van der Waals surface area contributed by atoms with Crippen LogP contribution in [-0.2, 0) is 6.54 Å². The van der Waals surface area contributed by atoms with Crippen LogP contribution in [0.3, 0.4) is 0 Å². The Labute approximate surface area is 183 Å². The molecule has 1 aromatic heterocycles. The van der Waals surface area contributed by atoms with E-state index in [4.69, 9.17) is 4.74 Å². The van der Waals surface area contributed by atoms with Gasteiger partial charge in [-0.1, -0.05) is 25.0 Å². The van der Waals surface area contributed by atoms with Crippen molar-refractivity contribution in [1.29, 1.82) is 0 Å². The Balaban J connectivity index is 1.29. The first-order valence-corrected chi connectivity index (χ1v) is 11.9. The van der Waals surface area contributed by atoms with Gasteiger partial charge in [-0.15, -0.1) is 11.8 Å². The minimum atomic E-state index is 0.0230. The summed E-state index contributed by atoms with van der Waals surface area (Å²) in [6.45, 7) is 2.89. The number of amides is 1. The maximum absolute atomic E-state index is 13.0. The van der Waals surface area contributed by atoms with Gasteiger partial charge in [0.1, 0.15) is 10.8 Å². The summed E-state index contributed by atoms with van der Waals surface area (Å²) in [5, 5.41) is 4.75. The highest BCUT2D eigenvalue weighted by molar-refractivity contribution is 7.99. The molecule has 2 heterocycles. The summed E-state index contributed by atoms with van der Waals surface area (Å²) < 4.78 is 5.33. The molecule has 1 aliphatic carbocycles. The number of carbonyl (C=O) groups is 1. The molecular formula is C24H31N3O2S. The number of nitrogens with zero attached hydrogens (tertiary/aromatic N) is 2. The van der Waals surface area contributed by atoms with E-state index in [9.17, 15) is 4.79 Å². The van der Waals surface area contributed by atoms with Gasteiger partial charge in [0.2, 0.25) is 0 Å². The molecule has 1 saturated carbocycles. The molecule has 160 valence electrons. The molecule has 30 heavy (non-hydrogen) atoms. The number of likely N-dealkylation sites (tertiary alicyclic amines) is 1. The van der Waals surface area contributed by atoms with Crippen LogP contribution >= 0.6 is 11.8 Å². The zero-order valence-corrected chi connectivity index (χ0v) is 18.5. The zero-order valence-electron chi connectivity index (χ0n) is 17.7. The Kier molecular flexibility index (Phi) is 7.28. The number of hydrogen-bond donors (Lipinski definition) is 1. The lowest BCUT2D eigenvalue weighted by molar-refractivity contribution is 0.0905. The van der Waals surface area contributed by atoms with Crippen LogP contribution in [-0.4, -0.2) is 47.3 Å². The van der Waals surface area contributed by atoms with Crippen LogP contribution in [0.5, 0.6) is 5.75 Å². The molecule has 2 aromatic rings. The van der Waals surface area contributed by atoms with E-state index in [0.29, 0.717) is 5.25 Å². The van der Waals surface area contributed by atoms with E-state index in [2.05, 4.69) is 27.3 Å². The van der Waals surface area contributed by atoms with E-state index in [1.165, 1.54) is 31.2 Å². The van der Waals surface area contributed by atoms with Crippen molar-refractivity contribution in [3.05, 3.63) is 53.7 Å². The number of methoxy groups -OCH3 is 1. The summed E-state index contributed by atoms with van der Waals surface area (Å²) in [6.07, 6.45) is 8.79. The third kappa shape index (κ3) is 5.55. The summed E-state index contributed by atoms with van der Waals surface area (Å²) in [7, 11) is 1.70. The molecule has 1 amide bonds. The van der Waals surface area contributed by atoms with Crippen LogP contribution in [0.2, 0.25) is 0 Å². The number of ether oxygens (including phenoxy) is 1. The van der Waals surface area contributed by atoms with Gasteiger partial charge in [-0.2, -0.15) is 0 Å². The molecule has 0 bridgehead atoms. The predicted molar refractivity (Wildman–Crippen MR) is 121 cm³/mol. The van der Waals surface area contributed by atoms with Crippen molar-refractivity contribution in [3.63, 3.8) is 0 Å². The SMILES string of the molecule is COc1cccc(CN2CCC(NC(=O)c3cccnc3SC3CCCC3)CC2)c1. The number of thioether (sulfide) groups is 1. The Hall–Kier alpha value is -2.05. The van der Waals surface area contributed by atoms with Gasteiger partial charge in [-0.25, -0.2) is 4.98 Å². The number of nitrogens with one attached hydrogen (secondary N) is 1. The smallest absolute Gasteiger partial charge is 0.254 e. The normalized spacial score (nSPS) is 18.4. The lowest BCUT2D eigenvalue weighted by atomic mass is 10.0. The molecular weight excluding hydrogens is 394 g/mol. The van der Waals surface area contributed by atoms with Crippen molar-refractivity contribution in [2.75, 3.05) is 20.2 Å². The first-order valence-electron chi connectivity index (χ1n) is 11.0. The number of hydrogen-bond acceptors (Lipinski definition) is 5. The second-order valence-electron chi connectivity index (χ2n) is 8.26. The number of rotatable bonds is 7. The van der Waals surface area contributed by atoms with Crippen molar-refractivity contribution < 1.29 is 9.53 Å². The summed E-state index contributed by atoms with van der Waals surface area (Å²) in [5.41, 5.74) is 1.99. The second kappa shape index (κ2) is 10.3. The third-order valence-corrected chi connectivity index (χ3v) is 7.41. The summed E-state index contributed by atoms with van der Waals surface area (Å²) in [6, 6.07) is 12.3. The topological polar surface area (TPSA) is 54.5 Å². The monoisotopic (exact) mass is 425 g/mol. The first-order chi connectivity index (χ1) is 14.7. The molecule has 2 fully saturated rings. The predicted octanol–water partition coefficient (Wildman–Crippen LogP) is 4.52. The van der Waals surface area contributed by atoms with E-state index in [1.807, 2.05) is 24.3 Å². The lowest BCUT2D eigenvalue weighted by Crippen LogP contribution is -2.44. The number of carbonyl (C=O) groups excluding carboxylic acids is 1. The molecule has 0 radical (unpaired) electrons. The third-order valence-electron chi connectivity index (χ3n) is 6.06. The highest BCUT2D eigenvalue weighted by atomic mass is 32.2. The maximum atomic E-state index is 13.0. The molecule has 1 aliphatic heterocycles. The van der Waals surface area contributed by atoms with Crippen LogP contribution in [0.25, 0.3) is 0 Å². The summed E-state index contributed by atoms with van der Waals surface area (Å²) in [4.78, 5) is 19.9. The van der Waals surface area contributed by atoms with E-state index < -0.39 is 0 Å². The molecule has 0 atom stereocenters. The second-order valence-corrected chi connectivity index (χ2v) is 9.54. The lowest BCUT2D eigenvalue weighted by Gasteiger charge is -2.32. The largest absolute Gasteiger partial charge is 0.497 e. The van der Waals surface area contributed by atoms with Crippen molar-refractivity contribution in [3.8, 4) is 5.75 Å².